The number of anilines is 2. The molecule has 0 fully saturated rings. The lowest BCUT2D eigenvalue weighted by molar-refractivity contribution is -0.134. The lowest BCUT2D eigenvalue weighted by Gasteiger charge is -2.15. The van der Waals surface area contributed by atoms with Gasteiger partial charge in [0.25, 0.3) is 11.8 Å². The number of benzene rings is 3. The van der Waals surface area contributed by atoms with E-state index in [-0.39, 0.29) is 39.6 Å². The molecule has 0 aliphatic carbocycles. The molecule has 37 heavy (non-hydrogen) atoms. The molecule has 0 aromatic heterocycles. The monoisotopic (exact) mass is 510 g/mol. The number of nitrogens with one attached hydrogen (secondary N) is 2. The molecule has 3 aromatic rings. The highest BCUT2D eigenvalue weighted by Crippen LogP contribution is 2.33. The molecule has 3 rings (SSSR count). The van der Waals surface area contributed by atoms with E-state index in [4.69, 9.17) is 9.47 Å². The van der Waals surface area contributed by atoms with Gasteiger partial charge in [0.2, 0.25) is 0 Å². The van der Waals surface area contributed by atoms with Crippen LogP contribution in [0.25, 0.3) is 0 Å². The van der Waals surface area contributed by atoms with E-state index in [1.165, 1.54) is 54.6 Å². The van der Waals surface area contributed by atoms with Crippen LogP contribution in [0.15, 0.2) is 54.6 Å². The van der Waals surface area contributed by atoms with Crippen molar-refractivity contribution in [1.82, 2.24) is 0 Å². The molecule has 0 radical (unpaired) electrons. The normalized spacial score (nSPS) is 10.5. The molecule has 192 valence electrons. The minimum absolute atomic E-state index is 0.00213. The van der Waals surface area contributed by atoms with Crippen LogP contribution in [0.5, 0.6) is 23.0 Å². The van der Waals surface area contributed by atoms with Gasteiger partial charge in [-0.3, -0.25) is 19.2 Å². The SMILES string of the molecule is CC(=O)Oc1cccc(C(=O)Nc2cc(NC(=O)c3cccc(O)c3O)cc(C(O)O)c2)c1OC(C)=O. The largest absolute Gasteiger partial charge is 0.504 e. The van der Waals surface area contributed by atoms with Crippen LogP contribution in [0.4, 0.5) is 11.4 Å². The number of carbonyl (C=O) groups is 4. The number of phenolic OH excluding ortho intramolecular Hbond substituents is 2. The predicted octanol–water partition coefficient (Wildman–Crippen LogP) is 2.44. The number of para-hydroxylation sites is 2. The molecule has 0 saturated heterocycles. The van der Waals surface area contributed by atoms with Gasteiger partial charge >= 0.3 is 11.9 Å². The Kier molecular flexibility index (Phi) is 8.07. The molecule has 0 bridgehead atoms. The van der Waals surface area contributed by atoms with Crippen LogP contribution in [0.2, 0.25) is 0 Å². The topological polar surface area (TPSA) is 192 Å². The Morgan fingerprint density at radius 2 is 1.30 bits per heavy atom. The first-order valence-corrected chi connectivity index (χ1v) is 10.6. The van der Waals surface area contributed by atoms with E-state index in [1.807, 2.05) is 0 Å². The first-order valence-electron chi connectivity index (χ1n) is 10.6. The number of amides is 2. The van der Waals surface area contributed by atoms with Gasteiger partial charge in [0.1, 0.15) is 0 Å². The number of hydrogen-bond donors (Lipinski definition) is 6. The average molecular weight is 510 g/mol. The number of carbonyl (C=O) groups excluding carboxylic acids is 4. The Morgan fingerprint density at radius 3 is 1.86 bits per heavy atom. The second-order valence-electron chi connectivity index (χ2n) is 7.62. The van der Waals surface area contributed by atoms with Crippen LogP contribution in [-0.2, 0) is 9.59 Å². The number of rotatable bonds is 7. The van der Waals surface area contributed by atoms with E-state index in [0.29, 0.717) is 0 Å². The molecule has 0 saturated carbocycles. The molecule has 2 amide bonds. The summed E-state index contributed by atoms with van der Waals surface area (Å²) >= 11 is 0. The summed E-state index contributed by atoms with van der Waals surface area (Å²) in [6, 6.07) is 11.5. The number of aromatic hydroxyl groups is 2. The molecule has 12 heteroatoms. The van der Waals surface area contributed by atoms with Gasteiger partial charge in [0.15, 0.2) is 29.3 Å². The van der Waals surface area contributed by atoms with E-state index >= 15 is 0 Å². The number of aliphatic hydroxyl groups is 2. The molecule has 0 heterocycles. The molecular weight excluding hydrogens is 488 g/mol. The Labute approximate surface area is 209 Å². The fourth-order valence-corrected chi connectivity index (χ4v) is 3.24. The molecule has 0 atom stereocenters. The predicted molar refractivity (Wildman–Crippen MR) is 128 cm³/mol. The van der Waals surface area contributed by atoms with E-state index in [1.54, 1.807) is 0 Å². The first-order chi connectivity index (χ1) is 17.5. The second-order valence-corrected chi connectivity index (χ2v) is 7.62. The Morgan fingerprint density at radius 1 is 0.757 bits per heavy atom. The Hall–Kier alpha value is -4.94. The van der Waals surface area contributed by atoms with Gasteiger partial charge in [-0.25, -0.2) is 0 Å². The first kappa shape index (κ1) is 26.7. The van der Waals surface area contributed by atoms with E-state index in [0.717, 1.165) is 13.8 Å². The number of phenols is 2. The average Bonchev–Trinajstić information content (AvgIpc) is 2.81. The van der Waals surface area contributed by atoms with Crippen LogP contribution < -0.4 is 20.1 Å². The number of esters is 2. The quantitative estimate of drug-likeness (QED) is 0.119. The van der Waals surface area contributed by atoms with Crippen LogP contribution in [0.3, 0.4) is 0 Å². The Balaban J connectivity index is 1.95. The minimum atomic E-state index is -1.98. The molecule has 12 nitrogen and oxygen atoms in total. The van der Waals surface area contributed by atoms with Gasteiger partial charge in [0, 0.05) is 30.8 Å². The summed E-state index contributed by atoms with van der Waals surface area (Å²) in [6.07, 6.45) is -1.98. The highest BCUT2D eigenvalue weighted by molar-refractivity contribution is 6.09. The van der Waals surface area contributed by atoms with Crippen molar-refractivity contribution >= 4 is 35.1 Å². The van der Waals surface area contributed by atoms with Crippen molar-refractivity contribution in [3.63, 3.8) is 0 Å². The van der Waals surface area contributed by atoms with Crippen LogP contribution >= 0.6 is 0 Å². The Bertz CT molecular complexity index is 1380. The zero-order valence-corrected chi connectivity index (χ0v) is 19.5. The highest BCUT2D eigenvalue weighted by Gasteiger charge is 2.21. The lowest BCUT2D eigenvalue weighted by atomic mass is 10.1. The third-order valence-electron chi connectivity index (χ3n) is 4.75. The maximum Gasteiger partial charge on any atom is 0.308 e. The standard InChI is InChI=1S/C25H22N2O10/c1-12(28)36-20-8-4-6-18(22(20)37-13(2)29)24(33)27-16-10-14(25(34)35)9-15(11-16)26-23(32)17-5-3-7-19(30)21(17)31/h3-11,25,30-31,34-35H,1-2H3,(H,26,32)(H,27,33). The summed E-state index contributed by atoms with van der Waals surface area (Å²) in [5.74, 6) is -4.80. The summed E-state index contributed by atoms with van der Waals surface area (Å²) in [6.45, 7) is 2.22. The number of aliphatic hydroxyl groups excluding tert-OH is 1. The van der Waals surface area contributed by atoms with Gasteiger partial charge < -0.3 is 40.5 Å². The van der Waals surface area contributed by atoms with Crippen molar-refractivity contribution in [3.05, 3.63) is 71.3 Å². The highest BCUT2D eigenvalue weighted by atomic mass is 16.6. The lowest BCUT2D eigenvalue weighted by Crippen LogP contribution is -2.17. The van der Waals surface area contributed by atoms with Crippen LogP contribution in [-0.4, -0.2) is 44.2 Å². The minimum Gasteiger partial charge on any atom is -0.504 e. The summed E-state index contributed by atoms with van der Waals surface area (Å²) < 4.78 is 10.1. The summed E-state index contributed by atoms with van der Waals surface area (Å²) in [7, 11) is 0. The molecule has 6 N–H and O–H groups in total. The van der Waals surface area contributed by atoms with Gasteiger partial charge in [-0.2, -0.15) is 0 Å². The van der Waals surface area contributed by atoms with Gasteiger partial charge in [-0.05, 0) is 42.5 Å². The zero-order valence-electron chi connectivity index (χ0n) is 19.5. The third-order valence-corrected chi connectivity index (χ3v) is 4.75. The van der Waals surface area contributed by atoms with Crippen molar-refractivity contribution in [2.45, 2.75) is 20.1 Å². The molecule has 0 aliphatic rings. The van der Waals surface area contributed by atoms with Crippen molar-refractivity contribution in [1.29, 1.82) is 0 Å². The van der Waals surface area contributed by atoms with E-state index in [9.17, 15) is 39.6 Å². The van der Waals surface area contributed by atoms with Crippen LogP contribution in [0, 0.1) is 0 Å². The van der Waals surface area contributed by atoms with Crippen molar-refractivity contribution in [2.75, 3.05) is 10.6 Å². The second kappa shape index (κ2) is 11.2. The molecule has 0 unspecified atom stereocenters. The van der Waals surface area contributed by atoms with Crippen molar-refractivity contribution in [3.8, 4) is 23.0 Å². The van der Waals surface area contributed by atoms with E-state index in [2.05, 4.69) is 10.6 Å². The van der Waals surface area contributed by atoms with Gasteiger partial charge in [-0.15, -0.1) is 0 Å². The summed E-state index contributed by atoms with van der Waals surface area (Å²) in [4.78, 5) is 48.7. The summed E-state index contributed by atoms with van der Waals surface area (Å²) in [5, 5.41) is 43.8. The van der Waals surface area contributed by atoms with Crippen LogP contribution in [0.1, 0.15) is 46.4 Å². The zero-order chi connectivity index (χ0) is 27.3. The third kappa shape index (κ3) is 6.60. The molecular formula is C25H22N2O10. The van der Waals surface area contributed by atoms with E-state index < -0.39 is 41.5 Å². The molecule has 0 spiro atoms. The van der Waals surface area contributed by atoms with Crippen molar-refractivity contribution < 1.29 is 49.1 Å². The molecule has 0 aliphatic heterocycles. The van der Waals surface area contributed by atoms with Gasteiger partial charge in [-0.1, -0.05) is 12.1 Å². The van der Waals surface area contributed by atoms with Gasteiger partial charge in [0.05, 0.1) is 11.1 Å². The van der Waals surface area contributed by atoms with Crippen molar-refractivity contribution in [2.24, 2.45) is 0 Å². The smallest absolute Gasteiger partial charge is 0.308 e. The number of hydrogen-bond acceptors (Lipinski definition) is 10. The fourth-order valence-electron chi connectivity index (χ4n) is 3.24. The maximum atomic E-state index is 13.1. The summed E-state index contributed by atoms with van der Waals surface area (Å²) in [5.41, 5.74) is -0.546. The molecule has 3 aromatic carbocycles. The maximum absolute atomic E-state index is 13.1. The fraction of sp³-hybridized carbons (Fsp3) is 0.120. The number of ether oxygens (including phenoxy) is 2.